The van der Waals surface area contributed by atoms with Crippen LogP contribution in [0.5, 0.6) is 0 Å². The van der Waals surface area contributed by atoms with Gasteiger partial charge in [0.15, 0.2) is 17.5 Å². The molecule has 12 rings (SSSR count). The first-order valence-corrected chi connectivity index (χ1v) is 19.4. The standard InChI is InChI=1S/C52H31N5O/c1-3-15-32(16-4-1)49-54-50(33-29-30-39-37-21-8-7-19-35(37)36-20-9-10-22-38(36)42(39)31-33)56-51(55-49)40-23-13-27-45-47(40)48-41(24-14-28-46(48)58-45)52-53-43-25-11-12-26-44(43)57(52)34-17-5-2-6-18-34/h1-31H. The number of aromatic nitrogens is 5. The van der Waals surface area contributed by atoms with Crippen molar-refractivity contribution in [1.82, 2.24) is 24.5 Å². The number of hydrogen-bond donors (Lipinski definition) is 0. The summed E-state index contributed by atoms with van der Waals surface area (Å²) in [5.41, 5.74) is 8.10. The fraction of sp³-hybridized carbons (Fsp3) is 0. The highest BCUT2D eigenvalue weighted by molar-refractivity contribution is 6.25. The van der Waals surface area contributed by atoms with Crippen LogP contribution in [0.3, 0.4) is 0 Å². The lowest BCUT2D eigenvalue weighted by Crippen LogP contribution is -2.01. The maximum atomic E-state index is 6.64. The summed E-state index contributed by atoms with van der Waals surface area (Å²) >= 11 is 0. The summed E-state index contributed by atoms with van der Waals surface area (Å²) in [5, 5.41) is 9.10. The topological polar surface area (TPSA) is 69.6 Å². The van der Waals surface area contributed by atoms with Crippen molar-refractivity contribution in [2.45, 2.75) is 0 Å². The van der Waals surface area contributed by atoms with Crippen molar-refractivity contribution in [3.8, 4) is 51.2 Å². The third-order valence-corrected chi connectivity index (χ3v) is 11.2. The van der Waals surface area contributed by atoms with Gasteiger partial charge in [0, 0.05) is 38.7 Å². The molecule has 0 saturated carbocycles. The lowest BCUT2D eigenvalue weighted by Gasteiger charge is -2.13. The molecule has 58 heavy (non-hydrogen) atoms. The Hall–Kier alpha value is -7.96. The van der Waals surface area contributed by atoms with Crippen LogP contribution in [0.2, 0.25) is 0 Å². The molecule has 0 amide bonds. The van der Waals surface area contributed by atoms with E-state index < -0.39 is 0 Å². The van der Waals surface area contributed by atoms with E-state index in [0.29, 0.717) is 17.5 Å². The molecule has 0 aliphatic carbocycles. The number of hydrogen-bond acceptors (Lipinski definition) is 5. The van der Waals surface area contributed by atoms with E-state index in [1.54, 1.807) is 0 Å². The Morgan fingerprint density at radius 1 is 0.362 bits per heavy atom. The summed E-state index contributed by atoms with van der Waals surface area (Å²) in [6.45, 7) is 0. The molecule has 0 bridgehead atoms. The van der Waals surface area contributed by atoms with Gasteiger partial charge in [-0.3, -0.25) is 4.57 Å². The Morgan fingerprint density at radius 3 is 1.60 bits per heavy atom. The summed E-state index contributed by atoms with van der Waals surface area (Å²) in [4.78, 5) is 20.9. The number of furan rings is 1. The maximum absolute atomic E-state index is 6.64. The molecule has 3 heterocycles. The van der Waals surface area contributed by atoms with E-state index in [1.807, 2.05) is 66.7 Å². The van der Waals surface area contributed by atoms with Crippen LogP contribution in [0.25, 0.3) is 117 Å². The molecule has 12 aromatic rings. The van der Waals surface area contributed by atoms with E-state index in [-0.39, 0.29) is 0 Å². The summed E-state index contributed by atoms with van der Waals surface area (Å²) in [7, 11) is 0. The Morgan fingerprint density at radius 2 is 0.897 bits per heavy atom. The normalized spacial score (nSPS) is 11.8. The summed E-state index contributed by atoms with van der Waals surface area (Å²) in [6, 6.07) is 64.9. The highest BCUT2D eigenvalue weighted by Gasteiger charge is 2.23. The number of imidazole rings is 1. The SMILES string of the molecule is c1ccc(-c2nc(-c3ccc4c5ccccc5c5ccccc5c4c3)nc(-c3cccc4oc5cccc(-c6nc7ccccc7n6-c6ccccc6)c5c34)n2)cc1. The maximum Gasteiger partial charge on any atom is 0.164 e. The second kappa shape index (κ2) is 12.8. The largest absolute Gasteiger partial charge is 0.456 e. The Labute approximate surface area is 332 Å². The van der Waals surface area contributed by atoms with Gasteiger partial charge in [0.2, 0.25) is 0 Å². The average Bonchev–Trinajstić information content (AvgIpc) is 3.89. The summed E-state index contributed by atoms with van der Waals surface area (Å²) in [6.07, 6.45) is 0. The van der Waals surface area contributed by atoms with Gasteiger partial charge in [-0.2, -0.15) is 0 Å². The van der Waals surface area contributed by atoms with Gasteiger partial charge >= 0.3 is 0 Å². The first-order chi connectivity index (χ1) is 28.8. The van der Waals surface area contributed by atoms with Gasteiger partial charge in [0.1, 0.15) is 17.0 Å². The number of rotatable bonds is 5. The molecule has 0 saturated heterocycles. The molecule has 270 valence electrons. The minimum atomic E-state index is 0.562. The van der Waals surface area contributed by atoms with Gasteiger partial charge < -0.3 is 4.42 Å². The van der Waals surface area contributed by atoms with Gasteiger partial charge in [0.25, 0.3) is 0 Å². The average molecular weight is 742 g/mol. The zero-order valence-corrected chi connectivity index (χ0v) is 31.0. The molecular formula is C52H31N5O. The van der Waals surface area contributed by atoms with Gasteiger partial charge in [-0.15, -0.1) is 0 Å². The molecule has 6 nitrogen and oxygen atoms in total. The van der Waals surface area contributed by atoms with E-state index in [4.69, 9.17) is 24.4 Å². The van der Waals surface area contributed by atoms with Crippen LogP contribution in [0.1, 0.15) is 0 Å². The van der Waals surface area contributed by atoms with Crippen molar-refractivity contribution in [3.05, 3.63) is 188 Å². The van der Waals surface area contributed by atoms with Gasteiger partial charge in [-0.25, -0.2) is 19.9 Å². The zero-order valence-electron chi connectivity index (χ0n) is 31.0. The van der Waals surface area contributed by atoms with Crippen molar-refractivity contribution in [1.29, 1.82) is 0 Å². The van der Waals surface area contributed by atoms with Crippen molar-refractivity contribution in [2.75, 3.05) is 0 Å². The molecular weight excluding hydrogens is 711 g/mol. The highest BCUT2D eigenvalue weighted by Crippen LogP contribution is 2.43. The molecule has 0 fully saturated rings. The summed E-state index contributed by atoms with van der Waals surface area (Å²) < 4.78 is 8.87. The van der Waals surface area contributed by atoms with E-state index in [0.717, 1.165) is 72.1 Å². The van der Waals surface area contributed by atoms with Crippen LogP contribution >= 0.6 is 0 Å². The van der Waals surface area contributed by atoms with Crippen LogP contribution in [0.4, 0.5) is 0 Å². The van der Waals surface area contributed by atoms with Gasteiger partial charge in [-0.05, 0) is 74.8 Å². The first-order valence-electron chi connectivity index (χ1n) is 19.4. The van der Waals surface area contributed by atoms with Gasteiger partial charge in [0.05, 0.1) is 11.0 Å². The van der Waals surface area contributed by atoms with E-state index in [1.165, 1.54) is 26.9 Å². The number of para-hydroxylation sites is 3. The van der Waals surface area contributed by atoms with Crippen molar-refractivity contribution in [3.63, 3.8) is 0 Å². The quantitative estimate of drug-likeness (QED) is 0.164. The highest BCUT2D eigenvalue weighted by atomic mass is 16.3. The fourth-order valence-electron chi connectivity index (χ4n) is 8.67. The summed E-state index contributed by atoms with van der Waals surface area (Å²) in [5.74, 6) is 2.58. The minimum absolute atomic E-state index is 0.562. The Bertz CT molecular complexity index is 3540. The second-order valence-corrected chi connectivity index (χ2v) is 14.6. The molecule has 0 atom stereocenters. The fourth-order valence-corrected chi connectivity index (χ4v) is 8.67. The molecule has 0 aliphatic rings. The third kappa shape index (κ3) is 4.98. The predicted molar refractivity (Wildman–Crippen MR) is 236 cm³/mol. The van der Waals surface area contributed by atoms with E-state index >= 15 is 0 Å². The Kier molecular flexibility index (Phi) is 7.13. The van der Waals surface area contributed by atoms with E-state index in [9.17, 15) is 0 Å². The molecule has 9 aromatic carbocycles. The molecule has 0 aliphatic heterocycles. The van der Waals surface area contributed by atoms with Crippen LogP contribution in [0.15, 0.2) is 192 Å². The van der Waals surface area contributed by atoms with Crippen molar-refractivity contribution < 1.29 is 4.42 Å². The minimum Gasteiger partial charge on any atom is -0.456 e. The second-order valence-electron chi connectivity index (χ2n) is 14.6. The van der Waals surface area contributed by atoms with Crippen LogP contribution < -0.4 is 0 Å². The van der Waals surface area contributed by atoms with Crippen molar-refractivity contribution >= 4 is 65.3 Å². The lowest BCUT2D eigenvalue weighted by atomic mass is 9.93. The number of nitrogens with zero attached hydrogens (tertiary/aromatic N) is 5. The number of benzene rings is 9. The lowest BCUT2D eigenvalue weighted by molar-refractivity contribution is 0.669. The van der Waals surface area contributed by atoms with E-state index in [2.05, 4.69) is 126 Å². The van der Waals surface area contributed by atoms with Gasteiger partial charge in [-0.1, -0.05) is 146 Å². The van der Waals surface area contributed by atoms with Crippen LogP contribution in [-0.4, -0.2) is 24.5 Å². The molecule has 0 unspecified atom stereocenters. The van der Waals surface area contributed by atoms with Crippen molar-refractivity contribution in [2.24, 2.45) is 0 Å². The Balaban J connectivity index is 1.12. The molecule has 6 heteroatoms. The number of fused-ring (bicyclic) bond motifs is 10. The molecule has 0 radical (unpaired) electrons. The molecule has 0 N–H and O–H groups in total. The van der Waals surface area contributed by atoms with Crippen LogP contribution in [-0.2, 0) is 0 Å². The molecule has 3 aromatic heterocycles. The smallest absolute Gasteiger partial charge is 0.164 e. The first kappa shape index (κ1) is 32.3. The predicted octanol–water partition coefficient (Wildman–Crippen LogP) is 13.2. The monoisotopic (exact) mass is 741 g/mol. The zero-order chi connectivity index (χ0) is 38.2. The van der Waals surface area contributed by atoms with Crippen LogP contribution in [0, 0.1) is 0 Å². The molecule has 0 spiro atoms. The third-order valence-electron chi connectivity index (χ3n) is 11.2.